The molecule has 1 amide bonds. The van der Waals surface area contributed by atoms with Crippen LogP contribution in [0.3, 0.4) is 0 Å². The van der Waals surface area contributed by atoms with Crippen LogP contribution in [-0.2, 0) is 0 Å². The van der Waals surface area contributed by atoms with Crippen molar-refractivity contribution in [2.75, 3.05) is 6.54 Å². The fourth-order valence-electron chi connectivity index (χ4n) is 1.36. The average Bonchev–Trinajstić information content (AvgIpc) is 2.27. The Kier molecular flexibility index (Phi) is 5.92. The molecule has 5 heteroatoms. The van der Waals surface area contributed by atoms with Crippen molar-refractivity contribution in [2.24, 2.45) is 0 Å². The summed E-state index contributed by atoms with van der Waals surface area (Å²) < 4.78 is 13.9. The van der Waals surface area contributed by atoms with E-state index < -0.39 is 11.7 Å². The zero-order chi connectivity index (χ0) is 12.8. The summed E-state index contributed by atoms with van der Waals surface area (Å²) >= 11 is 8.82. The summed E-state index contributed by atoms with van der Waals surface area (Å²) in [7, 11) is 0. The molecule has 0 bridgehead atoms. The summed E-state index contributed by atoms with van der Waals surface area (Å²) in [5.74, 6) is -0.929. The second-order valence-corrected chi connectivity index (χ2v) is 5.38. The molecule has 17 heavy (non-hydrogen) atoms. The highest BCUT2D eigenvalue weighted by atomic mass is 79.9. The van der Waals surface area contributed by atoms with Crippen LogP contribution < -0.4 is 5.32 Å². The number of carbonyl (C=O) groups excluding carboxylic acids is 1. The number of hydrogen-bond acceptors (Lipinski definition) is 1. The molecule has 0 fully saturated rings. The van der Waals surface area contributed by atoms with Crippen LogP contribution in [0, 0.1) is 5.82 Å². The number of benzene rings is 1. The van der Waals surface area contributed by atoms with Crippen LogP contribution in [0.4, 0.5) is 4.39 Å². The van der Waals surface area contributed by atoms with Crippen molar-refractivity contribution in [2.45, 2.75) is 25.1 Å². The van der Waals surface area contributed by atoms with E-state index in [1.807, 2.05) is 6.92 Å². The molecule has 1 N–H and O–H groups in total. The zero-order valence-corrected chi connectivity index (χ0v) is 11.8. The Morgan fingerprint density at radius 3 is 2.94 bits per heavy atom. The van der Waals surface area contributed by atoms with Gasteiger partial charge in [0.05, 0.1) is 10.0 Å². The Morgan fingerprint density at radius 1 is 1.59 bits per heavy atom. The van der Waals surface area contributed by atoms with Crippen molar-refractivity contribution in [3.8, 4) is 0 Å². The number of alkyl halides is 1. The molecular formula is C12H14BrClFNO. The largest absolute Gasteiger partial charge is 0.352 e. The van der Waals surface area contributed by atoms with E-state index in [4.69, 9.17) is 11.6 Å². The number of hydrogen-bond donors (Lipinski definition) is 1. The third kappa shape index (κ3) is 4.64. The third-order valence-corrected chi connectivity index (χ3v) is 3.09. The van der Waals surface area contributed by atoms with Gasteiger partial charge in [-0.1, -0.05) is 6.07 Å². The van der Waals surface area contributed by atoms with Gasteiger partial charge in [0.1, 0.15) is 5.82 Å². The molecule has 0 saturated carbocycles. The van der Waals surface area contributed by atoms with Crippen LogP contribution in [0.2, 0.25) is 0 Å². The molecule has 1 atom stereocenters. The van der Waals surface area contributed by atoms with Crippen LogP contribution in [0.15, 0.2) is 22.7 Å². The summed E-state index contributed by atoms with van der Waals surface area (Å²) in [6.45, 7) is 2.40. The first-order valence-electron chi connectivity index (χ1n) is 5.38. The van der Waals surface area contributed by atoms with E-state index in [0.717, 1.165) is 12.8 Å². The maximum atomic E-state index is 13.6. The average molecular weight is 323 g/mol. The molecule has 0 spiro atoms. The van der Waals surface area contributed by atoms with E-state index in [0.29, 0.717) is 11.0 Å². The van der Waals surface area contributed by atoms with Gasteiger partial charge in [-0.3, -0.25) is 4.79 Å². The number of carbonyl (C=O) groups is 1. The van der Waals surface area contributed by atoms with E-state index in [1.54, 1.807) is 12.1 Å². The maximum Gasteiger partial charge on any atom is 0.254 e. The van der Waals surface area contributed by atoms with Gasteiger partial charge >= 0.3 is 0 Å². The number of amides is 1. The summed E-state index contributed by atoms with van der Waals surface area (Å²) in [5.41, 5.74) is 0.0540. The molecule has 1 rings (SSSR count). The van der Waals surface area contributed by atoms with Gasteiger partial charge in [0.25, 0.3) is 5.91 Å². The molecule has 0 aliphatic carbocycles. The fourth-order valence-corrected chi connectivity index (χ4v) is 1.88. The zero-order valence-electron chi connectivity index (χ0n) is 9.47. The van der Waals surface area contributed by atoms with Crippen LogP contribution in [0.1, 0.15) is 30.1 Å². The van der Waals surface area contributed by atoms with Gasteiger partial charge in [-0.2, -0.15) is 0 Å². The smallest absolute Gasteiger partial charge is 0.254 e. The quantitative estimate of drug-likeness (QED) is 0.649. The lowest BCUT2D eigenvalue weighted by Gasteiger charge is -2.07. The Hall–Kier alpha value is -0.610. The van der Waals surface area contributed by atoms with Crippen LogP contribution in [-0.4, -0.2) is 17.8 Å². The molecule has 94 valence electrons. The number of nitrogens with one attached hydrogen (secondary N) is 1. The van der Waals surface area contributed by atoms with E-state index >= 15 is 0 Å². The molecule has 0 radical (unpaired) electrons. The first kappa shape index (κ1) is 14.5. The Morgan fingerprint density at radius 2 is 2.29 bits per heavy atom. The summed E-state index contributed by atoms with van der Waals surface area (Å²) in [6, 6.07) is 4.64. The topological polar surface area (TPSA) is 29.1 Å². The summed E-state index contributed by atoms with van der Waals surface area (Å²) in [4.78, 5) is 11.7. The number of halogens is 3. The first-order valence-corrected chi connectivity index (χ1v) is 6.61. The van der Waals surface area contributed by atoms with Crippen LogP contribution in [0.25, 0.3) is 0 Å². The van der Waals surface area contributed by atoms with Crippen molar-refractivity contribution in [3.05, 3.63) is 34.1 Å². The Bertz CT molecular complexity index is 398. The van der Waals surface area contributed by atoms with E-state index in [-0.39, 0.29) is 10.9 Å². The standard InChI is InChI=1S/C12H14BrClFNO/c1-8(14)4-3-7-16-12(17)9-5-2-6-10(13)11(9)15/h2,5-6,8H,3-4,7H2,1H3,(H,16,17). The molecule has 2 nitrogen and oxygen atoms in total. The molecule has 0 aliphatic rings. The lowest BCUT2D eigenvalue weighted by atomic mass is 10.2. The highest BCUT2D eigenvalue weighted by Crippen LogP contribution is 2.18. The van der Waals surface area contributed by atoms with Crippen molar-refractivity contribution in [1.29, 1.82) is 0 Å². The van der Waals surface area contributed by atoms with Crippen LogP contribution >= 0.6 is 27.5 Å². The van der Waals surface area contributed by atoms with Gasteiger partial charge in [-0.25, -0.2) is 4.39 Å². The van der Waals surface area contributed by atoms with Crippen molar-refractivity contribution < 1.29 is 9.18 Å². The molecule has 1 aromatic carbocycles. The van der Waals surface area contributed by atoms with Gasteiger partial charge in [0.15, 0.2) is 0 Å². The predicted octanol–water partition coefficient (Wildman–Crippen LogP) is 3.73. The third-order valence-electron chi connectivity index (χ3n) is 2.26. The van der Waals surface area contributed by atoms with E-state index in [9.17, 15) is 9.18 Å². The van der Waals surface area contributed by atoms with Gasteiger partial charge in [-0.05, 0) is 47.8 Å². The van der Waals surface area contributed by atoms with Crippen molar-refractivity contribution >= 4 is 33.4 Å². The van der Waals surface area contributed by atoms with Crippen molar-refractivity contribution in [1.82, 2.24) is 5.32 Å². The predicted molar refractivity (Wildman–Crippen MR) is 71.0 cm³/mol. The minimum atomic E-state index is -0.532. The molecule has 1 unspecified atom stereocenters. The molecule has 0 saturated heterocycles. The van der Waals surface area contributed by atoms with Gasteiger partial charge in [0, 0.05) is 11.9 Å². The van der Waals surface area contributed by atoms with Crippen molar-refractivity contribution in [3.63, 3.8) is 0 Å². The highest BCUT2D eigenvalue weighted by molar-refractivity contribution is 9.10. The molecule has 0 heterocycles. The minimum absolute atomic E-state index is 0.0540. The first-order chi connectivity index (χ1) is 8.02. The monoisotopic (exact) mass is 321 g/mol. The van der Waals surface area contributed by atoms with Crippen LogP contribution in [0.5, 0.6) is 0 Å². The lowest BCUT2D eigenvalue weighted by molar-refractivity contribution is 0.0949. The van der Waals surface area contributed by atoms with Gasteiger partial charge in [-0.15, -0.1) is 11.6 Å². The molecule has 0 aliphatic heterocycles. The molecule has 0 aromatic heterocycles. The normalized spacial score (nSPS) is 12.2. The van der Waals surface area contributed by atoms with E-state index in [1.165, 1.54) is 6.07 Å². The molecular weight excluding hydrogens is 308 g/mol. The minimum Gasteiger partial charge on any atom is -0.352 e. The lowest BCUT2D eigenvalue weighted by Crippen LogP contribution is -2.25. The Labute approximate surface area is 114 Å². The SMILES string of the molecule is CC(Cl)CCCNC(=O)c1cccc(Br)c1F. The second kappa shape index (κ2) is 6.97. The molecule has 1 aromatic rings. The van der Waals surface area contributed by atoms with Gasteiger partial charge in [0.2, 0.25) is 0 Å². The van der Waals surface area contributed by atoms with Gasteiger partial charge < -0.3 is 5.32 Å². The summed E-state index contributed by atoms with van der Waals surface area (Å²) in [5, 5.41) is 2.76. The Balaban J connectivity index is 2.50. The van der Waals surface area contributed by atoms with E-state index in [2.05, 4.69) is 21.2 Å². The highest BCUT2D eigenvalue weighted by Gasteiger charge is 2.12. The summed E-state index contributed by atoms with van der Waals surface area (Å²) in [6.07, 6.45) is 1.61. The second-order valence-electron chi connectivity index (χ2n) is 3.78. The maximum absolute atomic E-state index is 13.6. The fraction of sp³-hybridized carbons (Fsp3) is 0.417. The number of rotatable bonds is 5.